The molecule has 0 aromatic heterocycles. The predicted octanol–water partition coefficient (Wildman–Crippen LogP) is 3.43. The van der Waals surface area contributed by atoms with E-state index in [0.717, 1.165) is 5.56 Å². The van der Waals surface area contributed by atoms with Gasteiger partial charge in [-0.25, -0.2) is 0 Å². The summed E-state index contributed by atoms with van der Waals surface area (Å²) in [4.78, 5) is 11.2. The number of nitrogens with two attached hydrogens (primary N) is 1. The van der Waals surface area contributed by atoms with E-state index in [1.807, 2.05) is 0 Å². The second kappa shape index (κ2) is 6.30. The van der Waals surface area contributed by atoms with E-state index in [4.69, 9.17) is 22.1 Å². The average molecular weight is 292 g/mol. The molecule has 0 amide bonds. The zero-order valence-corrected chi connectivity index (χ0v) is 11.7. The van der Waals surface area contributed by atoms with Crippen molar-refractivity contribution in [1.82, 2.24) is 0 Å². The van der Waals surface area contributed by atoms with Crippen molar-refractivity contribution < 1.29 is 14.3 Å². The number of rotatable bonds is 4. The first-order valence-electron chi connectivity index (χ1n) is 5.97. The van der Waals surface area contributed by atoms with Gasteiger partial charge < -0.3 is 15.2 Å². The lowest BCUT2D eigenvalue weighted by Crippen LogP contribution is -2.04. The van der Waals surface area contributed by atoms with Crippen LogP contribution in [0.1, 0.15) is 5.56 Å². The topological polar surface area (TPSA) is 61.5 Å². The lowest BCUT2D eigenvalue weighted by molar-refractivity contribution is -0.139. The van der Waals surface area contributed by atoms with E-state index in [9.17, 15) is 4.79 Å². The van der Waals surface area contributed by atoms with Crippen molar-refractivity contribution in [2.45, 2.75) is 6.42 Å². The number of hydrogen-bond donors (Lipinski definition) is 1. The summed E-state index contributed by atoms with van der Waals surface area (Å²) in [6.07, 6.45) is 0.236. The van der Waals surface area contributed by atoms with Gasteiger partial charge in [0.05, 0.1) is 18.6 Å². The Morgan fingerprint density at radius 3 is 2.50 bits per heavy atom. The van der Waals surface area contributed by atoms with Gasteiger partial charge in [-0.2, -0.15) is 0 Å². The molecule has 5 heteroatoms. The summed E-state index contributed by atoms with van der Waals surface area (Å²) in [6.45, 7) is 0. The van der Waals surface area contributed by atoms with Crippen LogP contribution in [0.3, 0.4) is 0 Å². The number of ether oxygens (including phenoxy) is 2. The Bertz CT molecular complexity index is 611. The molecule has 0 saturated heterocycles. The van der Waals surface area contributed by atoms with Gasteiger partial charge in [-0.1, -0.05) is 23.7 Å². The van der Waals surface area contributed by atoms with Gasteiger partial charge in [0, 0.05) is 5.69 Å². The molecule has 0 fully saturated rings. The summed E-state index contributed by atoms with van der Waals surface area (Å²) in [5.74, 6) is 0.882. The Balaban J connectivity index is 2.08. The molecule has 0 saturated carbocycles. The molecule has 0 aliphatic heterocycles. The van der Waals surface area contributed by atoms with Crippen molar-refractivity contribution in [1.29, 1.82) is 0 Å². The summed E-state index contributed by atoms with van der Waals surface area (Å²) >= 11 is 6.03. The molecule has 0 bridgehead atoms. The Morgan fingerprint density at radius 2 is 1.90 bits per heavy atom. The lowest BCUT2D eigenvalue weighted by atomic mass is 10.1. The standard InChI is InChI=1S/C15H14ClNO3/c1-19-15(18)8-10-2-5-12(6-3-10)20-14-7-4-11(17)9-13(14)16/h2-7,9H,8,17H2,1H3. The molecule has 0 atom stereocenters. The molecular formula is C15H14ClNO3. The Morgan fingerprint density at radius 1 is 1.20 bits per heavy atom. The smallest absolute Gasteiger partial charge is 0.309 e. The van der Waals surface area contributed by atoms with Crippen molar-refractivity contribution in [3.05, 3.63) is 53.1 Å². The van der Waals surface area contributed by atoms with Gasteiger partial charge in [-0.15, -0.1) is 0 Å². The zero-order valence-electron chi connectivity index (χ0n) is 10.9. The predicted molar refractivity (Wildman–Crippen MR) is 78.1 cm³/mol. The van der Waals surface area contributed by atoms with Crippen LogP contribution >= 0.6 is 11.6 Å². The Labute approximate surface area is 122 Å². The SMILES string of the molecule is COC(=O)Cc1ccc(Oc2ccc(N)cc2Cl)cc1. The van der Waals surface area contributed by atoms with Gasteiger partial charge in [0.1, 0.15) is 11.5 Å². The van der Waals surface area contributed by atoms with E-state index >= 15 is 0 Å². The maximum absolute atomic E-state index is 11.2. The number of halogens is 1. The molecular weight excluding hydrogens is 278 g/mol. The van der Waals surface area contributed by atoms with Gasteiger partial charge >= 0.3 is 5.97 Å². The summed E-state index contributed by atoms with van der Waals surface area (Å²) in [7, 11) is 1.36. The monoisotopic (exact) mass is 291 g/mol. The van der Waals surface area contributed by atoms with Crippen LogP contribution in [-0.2, 0) is 16.0 Å². The van der Waals surface area contributed by atoms with Crippen LogP contribution < -0.4 is 10.5 Å². The zero-order chi connectivity index (χ0) is 14.5. The minimum atomic E-state index is -0.278. The van der Waals surface area contributed by atoms with E-state index in [1.165, 1.54) is 7.11 Å². The van der Waals surface area contributed by atoms with E-state index in [2.05, 4.69) is 4.74 Å². The fraction of sp³-hybridized carbons (Fsp3) is 0.133. The van der Waals surface area contributed by atoms with E-state index in [0.29, 0.717) is 22.2 Å². The van der Waals surface area contributed by atoms with Crippen LogP contribution in [0.25, 0.3) is 0 Å². The highest BCUT2D eigenvalue weighted by Gasteiger charge is 2.05. The molecule has 0 aliphatic carbocycles. The first-order valence-corrected chi connectivity index (χ1v) is 6.35. The highest BCUT2D eigenvalue weighted by Crippen LogP contribution is 2.30. The molecule has 2 rings (SSSR count). The third-order valence-electron chi connectivity index (χ3n) is 2.68. The molecule has 0 spiro atoms. The van der Waals surface area contributed by atoms with Crippen molar-refractivity contribution in [2.75, 3.05) is 12.8 Å². The summed E-state index contributed by atoms with van der Waals surface area (Å²) in [6, 6.07) is 12.2. The molecule has 4 nitrogen and oxygen atoms in total. The van der Waals surface area contributed by atoms with E-state index in [-0.39, 0.29) is 12.4 Å². The van der Waals surface area contributed by atoms with Crippen LogP contribution in [0.15, 0.2) is 42.5 Å². The van der Waals surface area contributed by atoms with Crippen LogP contribution in [0, 0.1) is 0 Å². The number of nitrogen functional groups attached to an aromatic ring is 1. The average Bonchev–Trinajstić information content (AvgIpc) is 2.44. The fourth-order valence-electron chi connectivity index (χ4n) is 1.64. The van der Waals surface area contributed by atoms with Gasteiger partial charge in [0.25, 0.3) is 0 Å². The second-order valence-electron chi connectivity index (χ2n) is 4.19. The molecule has 20 heavy (non-hydrogen) atoms. The lowest BCUT2D eigenvalue weighted by Gasteiger charge is -2.08. The van der Waals surface area contributed by atoms with Crippen molar-refractivity contribution in [3.63, 3.8) is 0 Å². The number of carbonyl (C=O) groups excluding carboxylic acids is 1. The molecule has 0 unspecified atom stereocenters. The third-order valence-corrected chi connectivity index (χ3v) is 2.98. The maximum Gasteiger partial charge on any atom is 0.309 e. The van der Waals surface area contributed by atoms with Gasteiger partial charge in [-0.05, 0) is 35.9 Å². The molecule has 2 aromatic carbocycles. The Hall–Kier alpha value is -2.20. The van der Waals surface area contributed by atoms with Crippen LogP contribution in [0.5, 0.6) is 11.5 Å². The second-order valence-corrected chi connectivity index (χ2v) is 4.60. The van der Waals surface area contributed by atoms with E-state index in [1.54, 1.807) is 42.5 Å². The number of anilines is 1. The van der Waals surface area contributed by atoms with Crippen molar-refractivity contribution in [2.24, 2.45) is 0 Å². The quantitative estimate of drug-likeness (QED) is 0.692. The minimum Gasteiger partial charge on any atom is -0.469 e. The molecule has 0 aliphatic rings. The number of carbonyl (C=O) groups is 1. The number of benzene rings is 2. The Kier molecular flexibility index (Phi) is 4.48. The van der Waals surface area contributed by atoms with Crippen LogP contribution in [0.2, 0.25) is 5.02 Å². The van der Waals surface area contributed by atoms with Crippen molar-refractivity contribution >= 4 is 23.3 Å². The van der Waals surface area contributed by atoms with Gasteiger partial charge in [0.15, 0.2) is 0 Å². The summed E-state index contributed by atoms with van der Waals surface area (Å²) in [5, 5.41) is 0.448. The number of esters is 1. The van der Waals surface area contributed by atoms with E-state index < -0.39 is 0 Å². The van der Waals surface area contributed by atoms with Crippen LogP contribution in [0.4, 0.5) is 5.69 Å². The third kappa shape index (κ3) is 3.65. The first-order chi connectivity index (χ1) is 9.58. The summed E-state index contributed by atoms with van der Waals surface area (Å²) in [5.41, 5.74) is 7.05. The largest absolute Gasteiger partial charge is 0.469 e. The van der Waals surface area contributed by atoms with Gasteiger partial charge in [-0.3, -0.25) is 4.79 Å². The van der Waals surface area contributed by atoms with Crippen LogP contribution in [-0.4, -0.2) is 13.1 Å². The van der Waals surface area contributed by atoms with Crippen molar-refractivity contribution in [3.8, 4) is 11.5 Å². The molecule has 0 heterocycles. The fourth-order valence-corrected chi connectivity index (χ4v) is 1.87. The highest BCUT2D eigenvalue weighted by molar-refractivity contribution is 6.32. The molecule has 104 valence electrons. The molecule has 2 N–H and O–H groups in total. The minimum absolute atomic E-state index is 0.236. The molecule has 2 aromatic rings. The molecule has 0 radical (unpaired) electrons. The normalized spacial score (nSPS) is 10.1. The number of methoxy groups -OCH3 is 1. The number of hydrogen-bond acceptors (Lipinski definition) is 4. The highest BCUT2D eigenvalue weighted by atomic mass is 35.5. The van der Waals surface area contributed by atoms with Gasteiger partial charge in [0.2, 0.25) is 0 Å². The maximum atomic E-state index is 11.2. The summed E-state index contributed by atoms with van der Waals surface area (Å²) < 4.78 is 10.3. The first kappa shape index (κ1) is 14.2.